The molecule has 29 heavy (non-hydrogen) atoms. The molecule has 1 fully saturated rings. The number of fused-ring (bicyclic) bond motifs is 1. The van der Waals surface area contributed by atoms with E-state index in [0.29, 0.717) is 0 Å². The van der Waals surface area contributed by atoms with Crippen molar-refractivity contribution in [2.45, 2.75) is 18.9 Å². The molecule has 3 N–H and O–H groups in total. The van der Waals surface area contributed by atoms with Crippen LogP contribution in [0.2, 0.25) is 0 Å². The summed E-state index contributed by atoms with van der Waals surface area (Å²) in [6.07, 6.45) is 5.45. The van der Waals surface area contributed by atoms with Crippen LogP contribution in [0.3, 0.4) is 0 Å². The Bertz CT molecular complexity index is 984. The van der Waals surface area contributed by atoms with Crippen LogP contribution in [0.4, 0.5) is 17.2 Å². The van der Waals surface area contributed by atoms with Gasteiger partial charge >= 0.3 is 0 Å². The number of carbonyl (C=O) groups excluding carboxylic acids is 1. The fourth-order valence-corrected chi connectivity index (χ4v) is 3.75. The number of benzene rings is 1. The van der Waals surface area contributed by atoms with Gasteiger partial charge in [0.1, 0.15) is 17.8 Å². The van der Waals surface area contributed by atoms with Gasteiger partial charge in [0.2, 0.25) is 5.91 Å². The topological polar surface area (TPSA) is 89.2 Å². The smallest absolute Gasteiger partial charge is 0.239 e. The average molecular weight is 393 g/mol. The molecule has 152 valence electrons. The largest absolute Gasteiger partial charge is 0.378 e. The van der Waals surface area contributed by atoms with E-state index in [0.717, 1.165) is 54.2 Å². The molecule has 0 bridgehead atoms. The second-order valence-electron chi connectivity index (χ2n) is 7.59. The molecule has 2 aromatic heterocycles. The highest BCUT2D eigenvalue weighted by Gasteiger charge is 2.23. The van der Waals surface area contributed by atoms with Crippen molar-refractivity contribution < 1.29 is 4.79 Å². The van der Waals surface area contributed by atoms with Gasteiger partial charge in [0.15, 0.2) is 0 Å². The molecule has 1 aliphatic rings. The molecule has 3 heterocycles. The number of piperidine rings is 1. The predicted molar refractivity (Wildman–Crippen MR) is 117 cm³/mol. The van der Waals surface area contributed by atoms with Crippen LogP contribution in [-0.2, 0) is 4.79 Å². The van der Waals surface area contributed by atoms with Crippen molar-refractivity contribution in [2.24, 2.45) is 0 Å². The van der Waals surface area contributed by atoms with Crippen molar-refractivity contribution in [1.82, 2.24) is 20.3 Å². The summed E-state index contributed by atoms with van der Waals surface area (Å²) < 4.78 is 0. The summed E-state index contributed by atoms with van der Waals surface area (Å²) in [6, 6.07) is 10.1. The van der Waals surface area contributed by atoms with Gasteiger partial charge in [-0.3, -0.25) is 4.79 Å². The SMILES string of the molecule is CN(C)c1cccc(NCC(=O)N[C@@H]2CCCN(c3ncnc4[nH]ccc34)C2)c1. The quantitative estimate of drug-likeness (QED) is 0.595. The summed E-state index contributed by atoms with van der Waals surface area (Å²) in [6.45, 7) is 1.93. The van der Waals surface area contributed by atoms with Gasteiger partial charge in [-0.05, 0) is 37.1 Å². The van der Waals surface area contributed by atoms with E-state index in [4.69, 9.17) is 0 Å². The monoisotopic (exact) mass is 393 g/mol. The molecular formula is C21H27N7O. The molecular weight excluding hydrogens is 366 g/mol. The third kappa shape index (κ3) is 4.42. The highest BCUT2D eigenvalue weighted by atomic mass is 16.2. The van der Waals surface area contributed by atoms with E-state index in [-0.39, 0.29) is 18.5 Å². The van der Waals surface area contributed by atoms with E-state index in [2.05, 4.69) is 30.5 Å². The molecule has 0 saturated carbocycles. The van der Waals surface area contributed by atoms with Crippen LogP contribution in [0.25, 0.3) is 11.0 Å². The Morgan fingerprint density at radius 1 is 1.31 bits per heavy atom. The Labute approximate surface area is 170 Å². The van der Waals surface area contributed by atoms with Crippen LogP contribution in [-0.4, -0.2) is 60.6 Å². The normalized spacial score (nSPS) is 16.6. The molecule has 4 rings (SSSR count). The second-order valence-corrected chi connectivity index (χ2v) is 7.59. The van der Waals surface area contributed by atoms with E-state index in [1.165, 1.54) is 0 Å². The van der Waals surface area contributed by atoms with Crippen molar-refractivity contribution >= 4 is 34.1 Å². The first-order valence-electron chi connectivity index (χ1n) is 9.94. The molecule has 1 atom stereocenters. The van der Waals surface area contributed by atoms with Crippen molar-refractivity contribution in [3.63, 3.8) is 0 Å². The number of amides is 1. The molecule has 1 aromatic carbocycles. The molecule has 1 aliphatic heterocycles. The highest BCUT2D eigenvalue weighted by Crippen LogP contribution is 2.25. The van der Waals surface area contributed by atoms with Gasteiger partial charge in [-0.2, -0.15) is 0 Å². The number of aromatic amines is 1. The minimum absolute atomic E-state index is 0.00147. The van der Waals surface area contributed by atoms with E-state index >= 15 is 0 Å². The predicted octanol–water partition coefficient (Wildman–Crippen LogP) is 2.22. The zero-order valence-corrected chi connectivity index (χ0v) is 16.9. The lowest BCUT2D eigenvalue weighted by molar-refractivity contribution is -0.120. The number of anilines is 3. The van der Waals surface area contributed by atoms with Crippen LogP contribution >= 0.6 is 0 Å². The van der Waals surface area contributed by atoms with E-state index in [1.807, 2.05) is 55.5 Å². The van der Waals surface area contributed by atoms with Crippen LogP contribution in [0.15, 0.2) is 42.9 Å². The van der Waals surface area contributed by atoms with Gasteiger partial charge in [0, 0.05) is 50.8 Å². The lowest BCUT2D eigenvalue weighted by Gasteiger charge is -2.34. The Hall–Kier alpha value is -3.29. The molecule has 0 unspecified atom stereocenters. The maximum atomic E-state index is 12.5. The summed E-state index contributed by atoms with van der Waals surface area (Å²) in [5.74, 6) is 0.926. The lowest BCUT2D eigenvalue weighted by Crippen LogP contribution is -2.49. The van der Waals surface area contributed by atoms with Crippen LogP contribution in [0, 0.1) is 0 Å². The summed E-state index contributed by atoms with van der Waals surface area (Å²) in [5, 5.41) is 7.39. The number of nitrogens with one attached hydrogen (secondary N) is 3. The number of rotatable bonds is 6. The number of hydrogen-bond donors (Lipinski definition) is 3. The van der Waals surface area contributed by atoms with Crippen LogP contribution in [0.1, 0.15) is 12.8 Å². The third-order valence-electron chi connectivity index (χ3n) is 5.23. The summed E-state index contributed by atoms with van der Waals surface area (Å²) in [4.78, 5) is 28.6. The minimum atomic E-state index is 0.00147. The number of nitrogens with zero attached hydrogens (tertiary/aromatic N) is 4. The average Bonchev–Trinajstić information content (AvgIpc) is 3.21. The first kappa shape index (κ1) is 19.0. The number of H-pyrrole nitrogens is 1. The number of carbonyl (C=O) groups is 1. The molecule has 1 saturated heterocycles. The Kier molecular flexibility index (Phi) is 5.50. The molecule has 3 aromatic rings. The number of aromatic nitrogens is 3. The van der Waals surface area contributed by atoms with Crippen LogP contribution in [0.5, 0.6) is 0 Å². The van der Waals surface area contributed by atoms with Crippen molar-refractivity contribution in [3.8, 4) is 0 Å². The van der Waals surface area contributed by atoms with Gasteiger partial charge in [-0.25, -0.2) is 9.97 Å². The minimum Gasteiger partial charge on any atom is -0.378 e. The fraction of sp³-hybridized carbons (Fsp3) is 0.381. The van der Waals surface area contributed by atoms with E-state index in [9.17, 15) is 4.79 Å². The first-order valence-corrected chi connectivity index (χ1v) is 9.94. The maximum absolute atomic E-state index is 12.5. The maximum Gasteiger partial charge on any atom is 0.239 e. The van der Waals surface area contributed by atoms with Crippen molar-refractivity contribution in [1.29, 1.82) is 0 Å². The Balaban J connectivity index is 1.34. The van der Waals surface area contributed by atoms with Gasteiger partial charge in [-0.1, -0.05) is 6.07 Å². The van der Waals surface area contributed by atoms with Crippen LogP contribution < -0.4 is 20.4 Å². The fourth-order valence-electron chi connectivity index (χ4n) is 3.75. The Morgan fingerprint density at radius 2 is 2.21 bits per heavy atom. The van der Waals surface area contributed by atoms with Gasteiger partial charge in [-0.15, -0.1) is 0 Å². The zero-order valence-electron chi connectivity index (χ0n) is 16.9. The number of hydrogen-bond acceptors (Lipinski definition) is 6. The molecule has 1 amide bonds. The summed E-state index contributed by atoms with van der Waals surface area (Å²) >= 11 is 0. The van der Waals surface area contributed by atoms with E-state index < -0.39 is 0 Å². The molecule has 0 aliphatic carbocycles. The molecule has 8 nitrogen and oxygen atoms in total. The van der Waals surface area contributed by atoms with Crippen molar-refractivity contribution in [2.75, 3.05) is 48.8 Å². The van der Waals surface area contributed by atoms with E-state index in [1.54, 1.807) is 6.33 Å². The van der Waals surface area contributed by atoms with Crippen molar-refractivity contribution in [3.05, 3.63) is 42.9 Å². The van der Waals surface area contributed by atoms with Gasteiger partial charge < -0.3 is 25.4 Å². The standard InChI is InChI=1S/C21H27N7O/c1-27(2)17-7-3-5-15(11-17)23-12-19(29)26-16-6-4-10-28(13-16)21-18-8-9-22-20(18)24-14-25-21/h3,5,7-9,11,14,16,23H,4,6,10,12-13H2,1-2H3,(H,26,29)(H,22,24,25)/t16-/m1/s1. The summed E-state index contributed by atoms with van der Waals surface area (Å²) in [5.41, 5.74) is 2.87. The summed E-state index contributed by atoms with van der Waals surface area (Å²) in [7, 11) is 4.00. The molecule has 0 radical (unpaired) electrons. The molecule has 8 heteroatoms. The van der Waals surface area contributed by atoms with Gasteiger partial charge in [0.05, 0.1) is 11.9 Å². The molecule has 0 spiro atoms. The Morgan fingerprint density at radius 3 is 3.07 bits per heavy atom. The third-order valence-corrected chi connectivity index (χ3v) is 5.23. The zero-order chi connectivity index (χ0) is 20.2. The van der Waals surface area contributed by atoms with Gasteiger partial charge in [0.25, 0.3) is 0 Å². The lowest BCUT2D eigenvalue weighted by atomic mass is 10.1. The highest BCUT2D eigenvalue weighted by molar-refractivity contribution is 5.87. The second kappa shape index (κ2) is 8.38. The first-order chi connectivity index (χ1) is 14.1.